The van der Waals surface area contributed by atoms with Gasteiger partial charge in [0, 0.05) is 27.1 Å². The maximum absolute atomic E-state index is 11.0. The van der Waals surface area contributed by atoms with E-state index in [-0.39, 0.29) is 11.9 Å². The molecule has 76 valence electrons. The lowest BCUT2D eigenvalue weighted by Crippen LogP contribution is -2.35. The second-order valence-corrected chi connectivity index (χ2v) is 3.05. The number of primary amides is 1. The molecule has 0 heterocycles. The maximum atomic E-state index is 11.0. The quantitative estimate of drug-likeness (QED) is 0.590. The van der Waals surface area contributed by atoms with Crippen molar-refractivity contribution in [1.29, 1.82) is 0 Å². The predicted octanol–water partition coefficient (Wildman–Crippen LogP) is -0.0868. The summed E-state index contributed by atoms with van der Waals surface area (Å²) in [5, 5.41) is 2.69. The highest BCUT2D eigenvalue weighted by Crippen LogP contribution is 1.92. The molecule has 5 nitrogen and oxygen atoms in total. The van der Waals surface area contributed by atoms with Crippen molar-refractivity contribution in [3.8, 4) is 0 Å². The zero-order valence-electron chi connectivity index (χ0n) is 8.17. The van der Waals surface area contributed by atoms with Crippen LogP contribution in [-0.2, 0) is 4.79 Å². The Balaban J connectivity index is 3.26. The average molecular weight is 187 g/mol. The fraction of sp³-hybridized carbons (Fsp3) is 0.750. The van der Waals surface area contributed by atoms with Crippen LogP contribution in [0.4, 0.5) is 4.79 Å². The van der Waals surface area contributed by atoms with Crippen LogP contribution in [0.2, 0.25) is 0 Å². The summed E-state index contributed by atoms with van der Waals surface area (Å²) < 4.78 is 0. The molecular formula is C8H17N3O2. The number of carbonyl (C=O) groups excluding carboxylic acids is 2. The van der Waals surface area contributed by atoms with E-state index in [1.165, 1.54) is 4.90 Å². The summed E-state index contributed by atoms with van der Waals surface area (Å²) in [6.45, 7) is 0.588. The molecule has 0 aromatic heterocycles. The van der Waals surface area contributed by atoms with Gasteiger partial charge in [-0.3, -0.25) is 4.79 Å². The molecule has 0 saturated heterocycles. The van der Waals surface area contributed by atoms with E-state index in [0.717, 1.165) is 12.8 Å². The van der Waals surface area contributed by atoms with Gasteiger partial charge in [-0.15, -0.1) is 0 Å². The summed E-state index contributed by atoms with van der Waals surface area (Å²) in [4.78, 5) is 22.8. The molecule has 0 aliphatic heterocycles. The van der Waals surface area contributed by atoms with Gasteiger partial charge in [-0.05, 0) is 12.8 Å². The first-order valence-electron chi connectivity index (χ1n) is 4.27. The Kier molecular flexibility index (Phi) is 5.67. The fourth-order valence-corrected chi connectivity index (χ4v) is 0.778. The Morgan fingerprint density at radius 3 is 2.38 bits per heavy atom. The van der Waals surface area contributed by atoms with Crippen molar-refractivity contribution < 1.29 is 9.59 Å². The van der Waals surface area contributed by atoms with Gasteiger partial charge in [0.15, 0.2) is 0 Å². The summed E-state index contributed by atoms with van der Waals surface area (Å²) >= 11 is 0. The van der Waals surface area contributed by atoms with Crippen LogP contribution in [-0.4, -0.2) is 37.5 Å². The van der Waals surface area contributed by atoms with Crippen LogP contribution < -0.4 is 11.1 Å². The number of nitrogens with two attached hydrogens (primary N) is 1. The Morgan fingerprint density at radius 2 is 1.92 bits per heavy atom. The van der Waals surface area contributed by atoms with Crippen LogP contribution in [0.5, 0.6) is 0 Å². The van der Waals surface area contributed by atoms with Crippen molar-refractivity contribution in [2.75, 3.05) is 20.6 Å². The van der Waals surface area contributed by atoms with Gasteiger partial charge in [-0.25, -0.2) is 4.79 Å². The van der Waals surface area contributed by atoms with Crippen molar-refractivity contribution >= 4 is 11.9 Å². The van der Waals surface area contributed by atoms with Gasteiger partial charge in [-0.1, -0.05) is 0 Å². The highest BCUT2D eigenvalue weighted by atomic mass is 16.2. The first-order valence-corrected chi connectivity index (χ1v) is 4.27. The molecule has 0 radical (unpaired) electrons. The molecule has 0 rings (SSSR count). The normalized spacial score (nSPS) is 9.38. The number of urea groups is 1. The van der Waals surface area contributed by atoms with Crippen molar-refractivity contribution in [2.24, 2.45) is 5.73 Å². The van der Waals surface area contributed by atoms with Crippen molar-refractivity contribution in [1.82, 2.24) is 10.2 Å². The molecule has 0 unspecified atom stereocenters. The lowest BCUT2D eigenvalue weighted by Gasteiger charge is -2.11. The first kappa shape index (κ1) is 11.7. The first-order chi connectivity index (χ1) is 6.04. The zero-order chi connectivity index (χ0) is 10.3. The maximum Gasteiger partial charge on any atom is 0.316 e. The molecular weight excluding hydrogens is 170 g/mol. The van der Waals surface area contributed by atoms with Crippen LogP contribution in [0.1, 0.15) is 19.3 Å². The third-order valence-corrected chi connectivity index (χ3v) is 1.53. The molecule has 5 heteroatoms. The number of rotatable bonds is 5. The highest BCUT2D eigenvalue weighted by Gasteiger charge is 2.00. The summed E-state index contributed by atoms with van der Waals surface area (Å²) in [5.74, 6) is -0.293. The molecule has 0 aliphatic carbocycles. The van der Waals surface area contributed by atoms with E-state index in [4.69, 9.17) is 5.73 Å². The number of nitrogens with one attached hydrogen (secondary N) is 1. The van der Waals surface area contributed by atoms with E-state index >= 15 is 0 Å². The molecule has 13 heavy (non-hydrogen) atoms. The minimum Gasteiger partial charge on any atom is -0.370 e. The van der Waals surface area contributed by atoms with Crippen LogP contribution in [0.15, 0.2) is 0 Å². The van der Waals surface area contributed by atoms with Crippen LogP contribution in [0.25, 0.3) is 0 Å². The second-order valence-electron chi connectivity index (χ2n) is 3.05. The Hall–Kier alpha value is -1.26. The van der Waals surface area contributed by atoms with Gasteiger partial charge in [0.2, 0.25) is 5.91 Å². The number of unbranched alkanes of at least 4 members (excludes halogenated alkanes) is 1. The van der Waals surface area contributed by atoms with Crippen molar-refractivity contribution in [2.45, 2.75) is 19.3 Å². The van der Waals surface area contributed by atoms with Gasteiger partial charge in [0.1, 0.15) is 0 Å². The molecule has 0 saturated carbocycles. The minimum atomic E-state index is -0.293. The second kappa shape index (κ2) is 6.28. The van der Waals surface area contributed by atoms with Gasteiger partial charge < -0.3 is 16.0 Å². The number of nitrogens with zero attached hydrogens (tertiary/aromatic N) is 1. The monoisotopic (exact) mass is 187 g/mol. The summed E-state index contributed by atoms with van der Waals surface area (Å²) in [6.07, 6.45) is 1.89. The Labute approximate surface area is 78.3 Å². The lowest BCUT2D eigenvalue weighted by molar-refractivity contribution is -0.118. The lowest BCUT2D eigenvalue weighted by atomic mass is 10.2. The molecule has 0 aromatic rings. The Bertz CT molecular complexity index is 180. The van der Waals surface area contributed by atoms with E-state index in [1.54, 1.807) is 14.1 Å². The topological polar surface area (TPSA) is 75.4 Å². The fourth-order valence-electron chi connectivity index (χ4n) is 0.778. The molecule has 3 N–H and O–H groups in total. The molecule has 0 bridgehead atoms. The van der Waals surface area contributed by atoms with Crippen LogP contribution >= 0.6 is 0 Å². The van der Waals surface area contributed by atoms with Gasteiger partial charge in [-0.2, -0.15) is 0 Å². The molecule has 0 aliphatic rings. The summed E-state index contributed by atoms with van der Waals surface area (Å²) in [5.41, 5.74) is 4.95. The van der Waals surface area contributed by atoms with Crippen LogP contribution in [0, 0.1) is 0 Å². The molecule has 0 atom stereocenters. The van der Waals surface area contributed by atoms with Gasteiger partial charge in [0.25, 0.3) is 0 Å². The van der Waals surface area contributed by atoms with Crippen LogP contribution in [0.3, 0.4) is 0 Å². The van der Waals surface area contributed by atoms with E-state index in [0.29, 0.717) is 13.0 Å². The van der Waals surface area contributed by atoms with E-state index in [1.807, 2.05) is 0 Å². The van der Waals surface area contributed by atoms with Gasteiger partial charge in [0.05, 0.1) is 0 Å². The number of carbonyl (C=O) groups is 2. The van der Waals surface area contributed by atoms with Crippen molar-refractivity contribution in [3.63, 3.8) is 0 Å². The molecule has 0 fully saturated rings. The average Bonchev–Trinajstić information content (AvgIpc) is 2.02. The van der Waals surface area contributed by atoms with Crippen molar-refractivity contribution in [3.05, 3.63) is 0 Å². The number of amides is 3. The number of hydrogen-bond donors (Lipinski definition) is 2. The van der Waals surface area contributed by atoms with E-state index < -0.39 is 0 Å². The van der Waals surface area contributed by atoms with E-state index in [2.05, 4.69) is 5.32 Å². The van der Waals surface area contributed by atoms with E-state index in [9.17, 15) is 9.59 Å². The molecule has 3 amide bonds. The SMILES string of the molecule is CN(C)C(=O)NCCCCC(N)=O. The third kappa shape index (κ3) is 7.11. The molecule has 0 spiro atoms. The molecule has 0 aromatic carbocycles. The van der Waals surface area contributed by atoms with Gasteiger partial charge >= 0.3 is 6.03 Å². The Morgan fingerprint density at radius 1 is 1.31 bits per heavy atom. The largest absolute Gasteiger partial charge is 0.370 e. The third-order valence-electron chi connectivity index (χ3n) is 1.53. The summed E-state index contributed by atoms with van der Waals surface area (Å²) in [6, 6.07) is -0.112. The number of hydrogen-bond acceptors (Lipinski definition) is 2. The highest BCUT2D eigenvalue weighted by molar-refractivity contribution is 5.74. The summed E-state index contributed by atoms with van der Waals surface area (Å²) in [7, 11) is 3.36. The minimum absolute atomic E-state index is 0.112. The zero-order valence-corrected chi connectivity index (χ0v) is 8.17. The standard InChI is InChI=1S/C8H17N3O2/c1-11(2)8(13)10-6-4-3-5-7(9)12/h3-6H2,1-2H3,(H2,9,12)(H,10,13). The predicted molar refractivity (Wildman–Crippen MR) is 50.1 cm³/mol. The smallest absolute Gasteiger partial charge is 0.316 e.